The van der Waals surface area contributed by atoms with Crippen LogP contribution in [-0.2, 0) is 0 Å². The minimum Gasteiger partial charge on any atom is -0.387 e. The normalized spacial score (nSPS) is 12.1. The van der Waals surface area contributed by atoms with Crippen LogP contribution in [0.25, 0.3) is 0 Å². The lowest BCUT2D eigenvalue weighted by Crippen LogP contribution is -2.27. The fourth-order valence-electron chi connectivity index (χ4n) is 1.52. The first-order valence-corrected chi connectivity index (χ1v) is 6.68. The molecule has 0 aliphatic rings. The quantitative estimate of drug-likeness (QED) is 0.905. The second kappa shape index (κ2) is 6.00. The predicted octanol–water partition coefficient (Wildman–Crippen LogP) is 2.86. The Morgan fingerprint density at radius 2 is 2.22 bits per heavy atom. The molecule has 0 saturated carbocycles. The number of carbonyl (C=O) groups is 1. The zero-order chi connectivity index (χ0) is 13.0. The third-order valence-electron chi connectivity index (χ3n) is 2.43. The Labute approximate surface area is 114 Å². The largest absolute Gasteiger partial charge is 0.387 e. The minimum atomic E-state index is -0.757. The van der Waals surface area contributed by atoms with E-state index in [1.807, 2.05) is 11.4 Å². The van der Waals surface area contributed by atoms with Crippen molar-refractivity contribution in [3.05, 3.63) is 57.2 Å². The molecule has 3 nitrogen and oxygen atoms in total. The van der Waals surface area contributed by atoms with Gasteiger partial charge in [0, 0.05) is 11.6 Å². The summed E-state index contributed by atoms with van der Waals surface area (Å²) in [6, 6.07) is 10.5. The van der Waals surface area contributed by atoms with Gasteiger partial charge in [-0.1, -0.05) is 29.8 Å². The van der Waals surface area contributed by atoms with Crippen molar-refractivity contribution >= 4 is 28.8 Å². The summed E-state index contributed by atoms with van der Waals surface area (Å²) in [4.78, 5) is 12.3. The van der Waals surface area contributed by atoms with Gasteiger partial charge >= 0.3 is 0 Å². The molecule has 1 aromatic heterocycles. The zero-order valence-corrected chi connectivity index (χ0v) is 11.0. The summed E-state index contributed by atoms with van der Waals surface area (Å²) in [5, 5.41) is 15.0. The Hall–Kier alpha value is -1.36. The molecule has 2 aromatic rings. The maximum Gasteiger partial charge on any atom is 0.261 e. The van der Waals surface area contributed by atoms with Gasteiger partial charge in [0.1, 0.15) is 0 Å². The van der Waals surface area contributed by atoms with Crippen LogP contribution in [0.1, 0.15) is 21.3 Å². The summed E-state index contributed by atoms with van der Waals surface area (Å²) in [5.74, 6) is -0.175. The van der Waals surface area contributed by atoms with E-state index in [1.165, 1.54) is 11.3 Å². The second-order valence-electron chi connectivity index (χ2n) is 3.76. The number of hydrogen-bond donors (Lipinski definition) is 2. The van der Waals surface area contributed by atoms with Gasteiger partial charge in [-0.3, -0.25) is 4.79 Å². The highest BCUT2D eigenvalue weighted by Crippen LogP contribution is 2.17. The van der Waals surface area contributed by atoms with Gasteiger partial charge in [-0.15, -0.1) is 11.3 Å². The van der Waals surface area contributed by atoms with Gasteiger partial charge in [-0.25, -0.2) is 0 Å². The molecule has 1 amide bonds. The van der Waals surface area contributed by atoms with Gasteiger partial charge in [-0.05, 0) is 29.1 Å². The van der Waals surface area contributed by atoms with Crippen LogP contribution < -0.4 is 5.32 Å². The third kappa shape index (κ3) is 3.32. The van der Waals surface area contributed by atoms with Gasteiger partial charge in [-0.2, -0.15) is 0 Å². The molecular weight excluding hydrogens is 270 g/mol. The van der Waals surface area contributed by atoms with Crippen LogP contribution in [0.2, 0.25) is 5.02 Å². The summed E-state index contributed by atoms with van der Waals surface area (Å²) in [7, 11) is 0. The molecule has 1 heterocycles. The summed E-state index contributed by atoms with van der Waals surface area (Å²) in [6.45, 7) is 0.164. The standard InChI is InChI=1S/C13H12ClNO2S/c14-10-4-1-3-9(7-10)11(16)8-15-13(17)12-5-2-6-18-12/h1-7,11,16H,8H2,(H,15,17). The van der Waals surface area contributed by atoms with Gasteiger partial charge in [0.25, 0.3) is 5.91 Å². The number of thiophene rings is 1. The lowest BCUT2D eigenvalue weighted by atomic mass is 10.1. The smallest absolute Gasteiger partial charge is 0.261 e. The van der Waals surface area contributed by atoms with E-state index in [-0.39, 0.29) is 12.5 Å². The molecule has 0 aliphatic heterocycles. The van der Waals surface area contributed by atoms with Crippen molar-refractivity contribution in [1.29, 1.82) is 0 Å². The van der Waals surface area contributed by atoms with Gasteiger partial charge in [0.05, 0.1) is 11.0 Å². The average molecular weight is 282 g/mol. The SMILES string of the molecule is O=C(NCC(O)c1cccc(Cl)c1)c1cccs1. The topological polar surface area (TPSA) is 49.3 Å². The number of carbonyl (C=O) groups excluding carboxylic acids is 1. The Morgan fingerprint density at radius 1 is 1.39 bits per heavy atom. The number of rotatable bonds is 4. The second-order valence-corrected chi connectivity index (χ2v) is 5.14. The molecule has 0 fully saturated rings. The van der Waals surface area contributed by atoms with Crippen LogP contribution in [0.3, 0.4) is 0 Å². The molecule has 18 heavy (non-hydrogen) atoms. The van der Waals surface area contributed by atoms with E-state index in [4.69, 9.17) is 11.6 Å². The van der Waals surface area contributed by atoms with Crippen LogP contribution in [-0.4, -0.2) is 17.6 Å². The molecule has 1 unspecified atom stereocenters. The molecule has 2 N–H and O–H groups in total. The highest BCUT2D eigenvalue weighted by atomic mass is 35.5. The Morgan fingerprint density at radius 3 is 2.89 bits per heavy atom. The number of hydrogen-bond acceptors (Lipinski definition) is 3. The third-order valence-corrected chi connectivity index (χ3v) is 3.54. The lowest BCUT2D eigenvalue weighted by molar-refractivity contribution is 0.0920. The molecule has 1 aromatic carbocycles. The van der Waals surface area contributed by atoms with Crippen molar-refractivity contribution in [3.63, 3.8) is 0 Å². The fourth-order valence-corrected chi connectivity index (χ4v) is 2.35. The van der Waals surface area contributed by atoms with Crippen molar-refractivity contribution in [2.75, 3.05) is 6.54 Å². The highest BCUT2D eigenvalue weighted by molar-refractivity contribution is 7.12. The summed E-state index contributed by atoms with van der Waals surface area (Å²) < 4.78 is 0. The van der Waals surface area contributed by atoms with Gasteiger partial charge in [0.2, 0.25) is 0 Å². The molecular formula is C13H12ClNO2S. The number of benzene rings is 1. The van der Waals surface area contributed by atoms with E-state index in [1.54, 1.807) is 30.3 Å². The number of nitrogens with one attached hydrogen (secondary N) is 1. The highest BCUT2D eigenvalue weighted by Gasteiger charge is 2.11. The van der Waals surface area contributed by atoms with E-state index in [0.717, 1.165) is 0 Å². The first-order valence-electron chi connectivity index (χ1n) is 5.42. The van der Waals surface area contributed by atoms with E-state index < -0.39 is 6.10 Å². The molecule has 0 spiro atoms. The Kier molecular flexibility index (Phi) is 4.36. The van der Waals surface area contributed by atoms with Crippen molar-refractivity contribution in [3.8, 4) is 0 Å². The Balaban J connectivity index is 1.92. The first kappa shape index (κ1) is 13.1. The molecule has 0 radical (unpaired) electrons. The van der Waals surface area contributed by atoms with Crippen LogP contribution in [0.15, 0.2) is 41.8 Å². The fraction of sp³-hybridized carbons (Fsp3) is 0.154. The lowest BCUT2D eigenvalue weighted by Gasteiger charge is -2.12. The minimum absolute atomic E-state index is 0.164. The summed E-state index contributed by atoms with van der Waals surface area (Å²) in [6.07, 6.45) is -0.757. The van der Waals surface area contributed by atoms with Crippen LogP contribution >= 0.6 is 22.9 Å². The average Bonchev–Trinajstić information content (AvgIpc) is 2.89. The van der Waals surface area contributed by atoms with Crippen molar-refractivity contribution in [2.24, 2.45) is 0 Å². The van der Waals surface area contributed by atoms with Crippen LogP contribution in [0.5, 0.6) is 0 Å². The van der Waals surface area contributed by atoms with E-state index in [0.29, 0.717) is 15.5 Å². The summed E-state index contributed by atoms with van der Waals surface area (Å²) in [5.41, 5.74) is 0.689. The molecule has 5 heteroatoms. The predicted molar refractivity (Wildman–Crippen MR) is 73.1 cm³/mol. The zero-order valence-electron chi connectivity index (χ0n) is 9.47. The maximum absolute atomic E-state index is 11.7. The number of amides is 1. The summed E-state index contributed by atoms with van der Waals surface area (Å²) >= 11 is 7.20. The first-order chi connectivity index (χ1) is 8.66. The van der Waals surface area contributed by atoms with E-state index in [9.17, 15) is 9.90 Å². The maximum atomic E-state index is 11.7. The van der Waals surface area contributed by atoms with Crippen LogP contribution in [0.4, 0.5) is 0 Å². The van der Waals surface area contributed by atoms with Crippen molar-refractivity contribution in [2.45, 2.75) is 6.10 Å². The van der Waals surface area contributed by atoms with Gasteiger partial charge in [0.15, 0.2) is 0 Å². The Bertz CT molecular complexity index is 528. The molecule has 2 rings (SSSR count). The molecule has 0 aliphatic carbocycles. The molecule has 0 saturated heterocycles. The molecule has 0 bridgehead atoms. The number of aliphatic hydroxyl groups is 1. The van der Waals surface area contributed by atoms with Crippen molar-refractivity contribution < 1.29 is 9.90 Å². The number of aliphatic hydroxyl groups excluding tert-OH is 1. The van der Waals surface area contributed by atoms with Gasteiger partial charge < -0.3 is 10.4 Å². The molecule has 1 atom stereocenters. The molecule has 94 valence electrons. The van der Waals surface area contributed by atoms with Crippen molar-refractivity contribution in [1.82, 2.24) is 5.32 Å². The number of halogens is 1. The van der Waals surface area contributed by atoms with E-state index >= 15 is 0 Å². The van der Waals surface area contributed by atoms with E-state index in [2.05, 4.69) is 5.32 Å². The monoisotopic (exact) mass is 281 g/mol. The van der Waals surface area contributed by atoms with Crippen LogP contribution in [0, 0.1) is 0 Å².